The summed E-state index contributed by atoms with van der Waals surface area (Å²) in [5.74, 6) is -0.266. The molecule has 1 saturated heterocycles. The average Bonchev–Trinajstić information content (AvgIpc) is 3.02. The van der Waals surface area contributed by atoms with Gasteiger partial charge >= 0.3 is 0 Å². The van der Waals surface area contributed by atoms with Gasteiger partial charge in [-0.25, -0.2) is 14.8 Å². The van der Waals surface area contributed by atoms with Gasteiger partial charge in [-0.2, -0.15) is 5.10 Å². The van der Waals surface area contributed by atoms with E-state index in [2.05, 4.69) is 20.8 Å². The van der Waals surface area contributed by atoms with Crippen LogP contribution in [0.3, 0.4) is 0 Å². The van der Waals surface area contributed by atoms with Crippen LogP contribution in [-0.2, 0) is 9.53 Å². The first-order valence-corrected chi connectivity index (χ1v) is 9.71. The molecule has 29 heavy (non-hydrogen) atoms. The highest BCUT2D eigenvalue weighted by Crippen LogP contribution is 2.30. The van der Waals surface area contributed by atoms with Crippen molar-refractivity contribution < 1.29 is 18.7 Å². The summed E-state index contributed by atoms with van der Waals surface area (Å²) >= 11 is 5.81. The molecule has 0 aliphatic carbocycles. The summed E-state index contributed by atoms with van der Waals surface area (Å²) in [5.41, 5.74) is 4.30. The van der Waals surface area contributed by atoms with Crippen molar-refractivity contribution in [3.05, 3.63) is 58.5 Å². The Morgan fingerprint density at radius 2 is 2.21 bits per heavy atom. The van der Waals surface area contributed by atoms with Crippen LogP contribution in [0.25, 0.3) is 0 Å². The quantitative estimate of drug-likeness (QED) is 0.779. The number of carbonyl (C=O) groups is 1. The Labute approximate surface area is 172 Å². The van der Waals surface area contributed by atoms with Gasteiger partial charge in [0.1, 0.15) is 5.82 Å². The van der Waals surface area contributed by atoms with Gasteiger partial charge in [0.15, 0.2) is 0 Å². The van der Waals surface area contributed by atoms with E-state index in [9.17, 15) is 9.18 Å². The average molecular weight is 419 g/mol. The molecule has 2 N–H and O–H groups in total. The van der Waals surface area contributed by atoms with Crippen molar-refractivity contribution in [1.82, 2.24) is 15.7 Å². The Balaban J connectivity index is 1.48. The molecule has 2 aromatic rings. The van der Waals surface area contributed by atoms with Gasteiger partial charge < -0.3 is 14.8 Å². The summed E-state index contributed by atoms with van der Waals surface area (Å²) in [7, 11) is 0. The lowest BCUT2D eigenvalue weighted by Gasteiger charge is -2.25. The van der Waals surface area contributed by atoms with Gasteiger partial charge in [0.25, 0.3) is 0 Å². The molecule has 0 spiro atoms. The summed E-state index contributed by atoms with van der Waals surface area (Å²) in [4.78, 5) is 15.8. The fourth-order valence-corrected chi connectivity index (χ4v) is 3.47. The predicted molar refractivity (Wildman–Crippen MR) is 105 cm³/mol. The fraction of sp³-hybridized carbons (Fsp3) is 0.350. The minimum Gasteiger partial charge on any atom is -0.477 e. The van der Waals surface area contributed by atoms with E-state index in [1.807, 2.05) is 0 Å². The molecule has 0 unspecified atom stereocenters. The molecule has 1 fully saturated rings. The van der Waals surface area contributed by atoms with Gasteiger partial charge in [-0.05, 0) is 23.8 Å². The maximum Gasteiger partial charge on any atom is 0.246 e. The van der Waals surface area contributed by atoms with Crippen molar-refractivity contribution in [2.24, 2.45) is 11.0 Å². The molecular formula is C20H20ClFN4O3. The van der Waals surface area contributed by atoms with E-state index in [1.165, 1.54) is 12.1 Å². The first-order chi connectivity index (χ1) is 14.1. The molecule has 2 aliphatic rings. The monoisotopic (exact) mass is 418 g/mol. The van der Waals surface area contributed by atoms with Crippen LogP contribution in [0.1, 0.15) is 23.8 Å². The number of carbonyl (C=O) groups excluding carboxylic acids is 1. The van der Waals surface area contributed by atoms with Crippen LogP contribution < -0.4 is 15.5 Å². The van der Waals surface area contributed by atoms with Gasteiger partial charge in [0.2, 0.25) is 11.8 Å². The Morgan fingerprint density at radius 1 is 1.31 bits per heavy atom. The number of nitrogens with one attached hydrogen (secondary N) is 2. The maximum absolute atomic E-state index is 13.9. The first-order valence-electron chi connectivity index (χ1n) is 9.33. The van der Waals surface area contributed by atoms with Gasteiger partial charge in [0.05, 0.1) is 42.2 Å². The summed E-state index contributed by atoms with van der Waals surface area (Å²) in [6.45, 7) is 2.19. The predicted octanol–water partition coefficient (Wildman–Crippen LogP) is 2.45. The second kappa shape index (κ2) is 8.86. The van der Waals surface area contributed by atoms with Gasteiger partial charge in [-0.1, -0.05) is 23.7 Å². The van der Waals surface area contributed by atoms with Crippen LogP contribution in [0.5, 0.6) is 5.88 Å². The van der Waals surface area contributed by atoms with Crippen molar-refractivity contribution in [1.29, 1.82) is 0 Å². The number of ether oxygens (including phenoxy) is 2. The SMILES string of the molecule is O=C1CC(c2cccc(OC[C@@H]3CNCCO[C@H]3c3ccc(Cl)c(F)c3)n2)=NN1. The Morgan fingerprint density at radius 3 is 3.00 bits per heavy atom. The number of rotatable bonds is 5. The summed E-state index contributed by atoms with van der Waals surface area (Å²) < 4.78 is 25.8. The zero-order chi connectivity index (χ0) is 20.2. The molecule has 4 rings (SSSR count). The van der Waals surface area contributed by atoms with Crippen LogP contribution in [0.2, 0.25) is 5.02 Å². The molecule has 2 aliphatic heterocycles. The number of hydrogen-bond acceptors (Lipinski definition) is 6. The normalized spacial score (nSPS) is 22.0. The molecular weight excluding hydrogens is 399 g/mol. The van der Waals surface area contributed by atoms with Gasteiger partial charge in [-0.3, -0.25) is 4.79 Å². The third-order valence-electron chi connectivity index (χ3n) is 4.79. The summed E-state index contributed by atoms with van der Waals surface area (Å²) in [5, 5.41) is 7.37. The van der Waals surface area contributed by atoms with E-state index in [1.54, 1.807) is 24.3 Å². The molecule has 1 aromatic heterocycles. The number of hydrogen-bond donors (Lipinski definition) is 2. The van der Waals surface area contributed by atoms with Crippen LogP contribution in [-0.4, -0.2) is 42.9 Å². The number of amides is 1. The zero-order valence-corrected chi connectivity index (χ0v) is 16.3. The highest BCUT2D eigenvalue weighted by molar-refractivity contribution is 6.30. The Kier molecular flexibility index (Phi) is 6.03. The van der Waals surface area contributed by atoms with Crippen molar-refractivity contribution in [3.63, 3.8) is 0 Å². The Bertz CT molecular complexity index is 940. The number of nitrogens with zero attached hydrogens (tertiary/aromatic N) is 2. The minimum atomic E-state index is -0.473. The molecule has 9 heteroatoms. The van der Waals surface area contributed by atoms with E-state index >= 15 is 0 Å². The molecule has 0 bridgehead atoms. The van der Waals surface area contributed by atoms with Crippen LogP contribution in [0.4, 0.5) is 4.39 Å². The lowest BCUT2D eigenvalue weighted by atomic mass is 9.96. The van der Waals surface area contributed by atoms with E-state index in [-0.39, 0.29) is 29.4 Å². The van der Waals surface area contributed by atoms with Crippen molar-refractivity contribution in [2.45, 2.75) is 12.5 Å². The molecule has 7 nitrogen and oxygen atoms in total. The number of benzene rings is 1. The lowest BCUT2D eigenvalue weighted by molar-refractivity contribution is -0.119. The summed E-state index contributed by atoms with van der Waals surface area (Å²) in [6.07, 6.45) is -0.137. The molecule has 3 heterocycles. The largest absolute Gasteiger partial charge is 0.477 e. The molecule has 0 radical (unpaired) electrons. The van der Waals surface area contributed by atoms with E-state index in [0.717, 1.165) is 5.56 Å². The minimum absolute atomic E-state index is 0.0596. The number of pyridine rings is 1. The summed E-state index contributed by atoms with van der Waals surface area (Å²) in [6, 6.07) is 10.0. The third kappa shape index (κ3) is 4.72. The van der Waals surface area contributed by atoms with Gasteiger partial charge in [0, 0.05) is 25.1 Å². The first kappa shape index (κ1) is 19.8. The molecule has 1 aromatic carbocycles. The van der Waals surface area contributed by atoms with E-state index < -0.39 is 5.82 Å². The maximum atomic E-state index is 13.9. The van der Waals surface area contributed by atoms with E-state index in [4.69, 9.17) is 21.1 Å². The number of aromatic nitrogens is 1. The third-order valence-corrected chi connectivity index (χ3v) is 5.10. The number of hydrazone groups is 1. The van der Waals surface area contributed by atoms with E-state index in [0.29, 0.717) is 43.6 Å². The van der Waals surface area contributed by atoms with Crippen molar-refractivity contribution in [3.8, 4) is 5.88 Å². The van der Waals surface area contributed by atoms with Crippen LogP contribution in [0.15, 0.2) is 41.5 Å². The highest BCUT2D eigenvalue weighted by atomic mass is 35.5. The second-order valence-electron chi connectivity index (χ2n) is 6.87. The smallest absolute Gasteiger partial charge is 0.246 e. The number of halogens is 2. The van der Waals surface area contributed by atoms with Crippen molar-refractivity contribution in [2.75, 3.05) is 26.3 Å². The Hall–Kier alpha value is -2.55. The zero-order valence-electron chi connectivity index (χ0n) is 15.5. The second-order valence-corrected chi connectivity index (χ2v) is 7.28. The molecule has 1 amide bonds. The molecule has 152 valence electrons. The van der Waals surface area contributed by atoms with Crippen molar-refractivity contribution >= 4 is 23.2 Å². The topological polar surface area (TPSA) is 84.8 Å². The lowest BCUT2D eigenvalue weighted by Crippen LogP contribution is -2.29. The van der Waals surface area contributed by atoms with Crippen LogP contribution in [0, 0.1) is 11.7 Å². The van der Waals surface area contributed by atoms with Gasteiger partial charge in [-0.15, -0.1) is 0 Å². The fourth-order valence-electron chi connectivity index (χ4n) is 3.35. The molecule has 2 atom stereocenters. The standard InChI is InChI=1S/C20H20ClFN4O3/c21-14-5-4-12(8-15(14)22)20-13(10-23-6-7-28-20)11-29-19-3-1-2-16(24-19)17-9-18(27)26-25-17/h1-5,8,13,20,23H,6-7,9-11H2,(H,26,27)/t13-,20-/m0/s1. The highest BCUT2D eigenvalue weighted by Gasteiger charge is 2.28. The molecule has 0 saturated carbocycles. The van der Waals surface area contributed by atoms with Crippen LogP contribution >= 0.6 is 11.6 Å².